The van der Waals surface area contributed by atoms with Crippen LogP contribution in [0.5, 0.6) is 5.75 Å². The number of nitrogens with zero attached hydrogens (tertiary/aromatic N) is 4. The average molecular weight is 450 g/mol. The second kappa shape index (κ2) is 8.96. The van der Waals surface area contributed by atoms with Crippen molar-refractivity contribution in [1.82, 2.24) is 19.7 Å². The lowest BCUT2D eigenvalue weighted by Gasteiger charge is -2.39. The van der Waals surface area contributed by atoms with Crippen LogP contribution in [0.15, 0.2) is 30.6 Å². The molecule has 0 amide bonds. The Morgan fingerprint density at radius 2 is 1.94 bits per heavy atom. The van der Waals surface area contributed by atoms with Crippen LogP contribution in [-0.4, -0.2) is 64.7 Å². The number of rotatable bonds is 7. The SMILES string of the molecule is COc1cc(-c2ncn(/C=C/C(=O)OC3CN(C(F)C(F)F)C3)n2)cc(C(F)(F)F)c1. The lowest BCUT2D eigenvalue weighted by molar-refractivity contribution is -0.164. The van der Waals surface area contributed by atoms with E-state index in [9.17, 15) is 31.1 Å². The number of benzene rings is 1. The summed E-state index contributed by atoms with van der Waals surface area (Å²) in [5, 5.41) is 3.97. The third-order valence-electron chi connectivity index (χ3n) is 4.32. The van der Waals surface area contributed by atoms with E-state index in [4.69, 9.17) is 9.47 Å². The Morgan fingerprint density at radius 3 is 2.55 bits per heavy atom. The molecule has 2 heterocycles. The summed E-state index contributed by atoms with van der Waals surface area (Å²) in [6.45, 7) is -0.314. The van der Waals surface area contributed by atoms with Crippen molar-refractivity contribution in [3.63, 3.8) is 0 Å². The van der Waals surface area contributed by atoms with Crippen LogP contribution in [0.25, 0.3) is 17.6 Å². The van der Waals surface area contributed by atoms with Crippen molar-refractivity contribution in [2.75, 3.05) is 20.2 Å². The predicted octanol–water partition coefficient (Wildman–Crippen LogP) is 3.23. The quantitative estimate of drug-likeness (QED) is 0.279. The Bertz CT molecular complexity index is 956. The van der Waals surface area contributed by atoms with Gasteiger partial charge in [0.25, 0.3) is 6.43 Å². The number of hydrogen-bond donors (Lipinski definition) is 0. The molecule has 0 bridgehead atoms. The van der Waals surface area contributed by atoms with Gasteiger partial charge in [-0.05, 0) is 18.2 Å². The number of aromatic nitrogens is 3. The summed E-state index contributed by atoms with van der Waals surface area (Å²) < 4.78 is 87.5. The Morgan fingerprint density at radius 1 is 1.23 bits per heavy atom. The molecular weight excluding hydrogens is 434 g/mol. The monoisotopic (exact) mass is 450 g/mol. The number of halogens is 6. The standard InChI is InChI=1S/C18H16F6N4O3/c1-30-12-5-10(4-11(6-12)18(22,23)24)17-25-9-28(26-17)3-2-14(29)31-13-7-27(8-13)16(21)15(19)20/h2-6,9,13,15-16H,7-8H2,1H3/b3-2+. The summed E-state index contributed by atoms with van der Waals surface area (Å²) in [6, 6.07) is 3.03. The normalized spacial score (nSPS) is 16.5. The van der Waals surface area contributed by atoms with E-state index in [-0.39, 0.29) is 30.2 Å². The summed E-state index contributed by atoms with van der Waals surface area (Å²) in [7, 11) is 1.22. The Balaban J connectivity index is 1.61. The zero-order chi connectivity index (χ0) is 22.8. The Labute approximate surface area is 171 Å². The van der Waals surface area contributed by atoms with E-state index in [1.165, 1.54) is 13.2 Å². The first-order valence-corrected chi connectivity index (χ1v) is 8.79. The second-order valence-electron chi connectivity index (χ2n) is 6.53. The van der Waals surface area contributed by atoms with Crippen molar-refractivity contribution < 1.29 is 40.6 Å². The number of ether oxygens (including phenoxy) is 2. The van der Waals surface area contributed by atoms with E-state index in [1.54, 1.807) is 0 Å². The van der Waals surface area contributed by atoms with Gasteiger partial charge in [-0.15, -0.1) is 5.10 Å². The van der Waals surface area contributed by atoms with Gasteiger partial charge in [-0.2, -0.15) is 13.2 Å². The number of methoxy groups -OCH3 is 1. The molecule has 168 valence electrons. The molecule has 1 atom stereocenters. The van der Waals surface area contributed by atoms with Crippen molar-refractivity contribution in [2.45, 2.75) is 25.0 Å². The number of alkyl halides is 6. The van der Waals surface area contributed by atoms with E-state index in [1.807, 2.05) is 0 Å². The number of carbonyl (C=O) groups is 1. The molecule has 0 aliphatic carbocycles. The first kappa shape index (κ1) is 22.6. The van der Waals surface area contributed by atoms with E-state index < -0.39 is 36.5 Å². The van der Waals surface area contributed by atoms with Gasteiger partial charge < -0.3 is 9.47 Å². The Kier molecular flexibility index (Phi) is 6.53. The molecular formula is C18H16F6N4O3. The van der Waals surface area contributed by atoms with Crippen LogP contribution >= 0.6 is 0 Å². The largest absolute Gasteiger partial charge is 0.497 e. The first-order chi connectivity index (χ1) is 14.6. The smallest absolute Gasteiger partial charge is 0.416 e. The molecule has 0 N–H and O–H groups in total. The fraction of sp³-hybridized carbons (Fsp3) is 0.389. The maximum atomic E-state index is 13.1. The molecule has 0 spiro atoms. The summed E-state index contributed by atoms with van der Waals surface area (Å²) in [6.07, 6.45) is -7.59. The molecule has 13 heteroatoms. The lowest BCUT2D eigenvalue weighted by Crippen LogP contribution is -2.57. The number of carbonyl (C=O) groups excluding carboxylic acids is 1. The minimum Gasteiger partial charge on any atom is -0.497 e. The molecule has 7 nitrogen and oxygen atoms in total. The summed E-state index contributed by atoms with van der Waals surface area (Å²) in [4.78, 5) is 16.5. The molecule has 3 rings (SSSR count). The molecule has 1 aliphatic heterocycles. The van der Waals surface area contributed by atoms with Crippen molar-refractivity contribution in [1.29, 1.82) is 0 Å². The molecule has 1 aliphatic rings. The second-order valence-corrected chi connectivity index (χ2v) is 6.53. The van der Waals surface area contributed by atoms with E-state index in [0.717, 1.165) is 40.3 Å². The highest BCUT2D eigenvalue weighted by Crippen LogP contribution is 2.34. The van der Waals surface area contributed by atoms with Crippen LogP contribution < -0.4 is 4.74 Å². The van der Waals surface area contributed by atoms with Gasteiger partial charge in [-0.3, -0.25) is 4.90 Å². The van der Waals surface area contributed by atoms with Crippen LogP contribution in [0.4, 0.5) is 26.3 Å². The molecule has 1 aromatic heterocycles. The maximum absolute atomic E-state index is 13.1. The summed E-state index contributed by atoms with van der Waals surface area (Å²) >= 11 is 0. The molecule has 2 aromatic rings. The van der Waals surface area contributed by atoms with E-state index in [2.05, 4.69) is 10.1 Å². The summed E-state index contributed by atoms with van der Waals surface area (Å²) in [5.74, 6) is -0.898. The zero-order valence-electron chi connectivity index (χ0n) is 15.9. The fourth-order valence-electron chi connectivity index (χ4n) is 2.73. The van der Waals surface area contributed by atoms with Crippen LogP contribution in [0.3, 0.4) is 0 Å². The summed E-state index contributed by atoms with van der Waals surface area (Å²) in [5.41, 5.74) is -0.884. The van der Waals surface area contributed by atoms with Crippen LogP contribution in [0, 0.1) is 0 Å². The predicted molar refractivity (Wildman–Crippen MR) is 94.7 cm³/mol. The first-order valence-electron chi connectivity index (χ1n) is 8.79. The maximum Gasteiger partial charge on any atom is 0.416 e. The molecule has 1 fully saturated rings. The van der Waals surface area contributed by atoms with Crippen molar-refractivity contribution in [3.05, 3.63) is 36.2 Å². The minimum absolute atomic E-state index is 0.0304. The van der Waals surface area contributed by atoms with Gasteiger partial charge in [-0.25, -0.2) is 27.6 Å². The molecule has 1 aromatic carbocycles. The highest BCUT2D eigenvalue weighted by Gasteiger charge is 2.38. The average Bonchev–Trinajstić information content (AvgIpc) is 3.16. The highest BCUT2D eigenvalue weighted by atomic mass is 19.4. The third kappa shape index (κ3) is 5.54. The van der Waals surface area contributed by atoms with Gasteiger partial charge in [0, 0.05) is 30.9 Å². The molecule has 1 unspecified atom stereocenters. The van der Waals surface area contributed by atoms with Crippen molar-refractivity contribution in [2.24, 2.45) is 0 Å². The van der Waals surface area contributed by atoms with Crippen LogP contribution in [-0.2, 0) is 15.7 Å². The number of esters is 1. The van der Waals surface area contributed by atoms with E-state index in [0.29, 0.717) is 0 Å². The fourth-order valence-corrected chi connectivity index (χ4v) is 2.73. The molecule has 1 saturated heterocycles. The zero-order valence-corrected chi connectivity index (χ0v) is 15.9. The Hall–Kier alpha value is -3.09. The molecule has 0 radical (unpaired) electrons. The van der Waals surface area contributed by atoms with Crippen LogP contribution in [0.2, 0.25) is 0 Å². The van der Waals surface area contributed by atoms with Crippen molar-refractivity contribution in [3.8, 4) is 17.1 Å². The number of hydrogen-bond acceptors (Lipinski definition) is 6. The minimum atomic E-state index is -4.59. The van der Waals surface area contributed by atoms with E-state index >= 15 is 0 Å². The molecule has 31 heavy (non-hydrogen) atoms. The van der Waals surface area contributed by atoms with Gasteiger partial charge >= 0.3 is 12.1 Å². The van der Waals surface area contributed by atoms with Gasteiger partial charge in [0.15, 0.2) is 5.82 Å². The van der Waals surface area contributed by atoms with Gasteiger partial charge in [-0.1, -0.05) is 0 Å². The third-order valence-corrected chi connectivity index (χ3v) is 4.32. The van der Waals surface area contributed by atoms with Gasteiger partial charge in [0.05, 0.1) is 12.7 Å². The van der Waals surface area contributed by atoms with Gasteiger partial charge in [0.2, 0.25) is 6.30 Å². The topological polar surface area (TPSA) is 69.5 Å². The lowest BCUT2D eigenvalue weighted by atomic mass is 10.1. The van der Waals surface area contributed by atoms with Gasteiger partial charge in [0.1, 0.15) is 18.2 Å². The van der Waals surface area contributed by atoms with Crippen molar-refractivity contribution >= 4 is 12.2 Å². The van der Waals surface area contributed by atoms with Crippen LogP contribution in [0.1, 0.15) is 5.56 Å². The number of likely N-dealkylation sites (tertiary alicyclic amines) is 1. The highest BCUT2D eigenvalue weighted by molar-refractivity contribution is 5.85. The molecule has 0 saturated carbocycles.